The number of carbonyl (C=O) groups is 1. The van der Waals surface area contributed by atoms with Gasteiger partial charge in [0.15, 0.2) is 0 Å². The van der Waals surface area contributed by atoms with Crippen molar-refractivity contribution in [3.63, 3.8) is 0 Å². The second kappa shape index (κ2) is 4.79. The smallest absolute Gasteiger partial charge is 0.257 e. The normalized spacial score (nSPS) is 7.90. The fraction of sp³-hybridized carbons (Fsp3) is 0.500. The Kier molecular flexibility index (Phi) is 4.29. The molecule has 0 fully saturated rings. The fourth-order valence-electron chi connectivity index (χ4n) is 0.330. The van der Waals surface area contributed by atoms with Gasteiger partial charge in [-0.05, 0) is 0 Å². The SMILES string of the molecule is CCC#CN(ON)C(C)=O. The topological polar surface area (TPSA) is 55.6 Å². The van der Waals surface area contributed by atoms with E-state index in [1.165, 1.54) is 6.92 Å². The number of hydrogen-bond donors (Lipinski definition) is 1. The van der Waals surface area contributed by atoms with Crippen LogP contribution in [0.25, 0.3) is 0 Å². The largest absolute Gasteiger partial charge is 0.272 e. The maximum absolute atomic E-state index is 10.5. The average Bonchev–Trinajstić information content (AvgIpc) is 1.89. The van der Waals surface area contributed by atoms with E-state index in [9.17, 15) is 4.79 Å². The molecule has 0 aromatic heterocycles. The predicted octanol–water partition coefficient (Wildman–Crippen LogP) is 0.0111. The van der Waals surface area contributed by atoms with Crippen molar-refractivity contribution in [2.24, 2.45) is 5.90 Å². The number of hydrogen-bond acceptors (Lipinski definition) is 3. The van der Waals surface area contributed by atoms with Crippen LogP contribution in [0, 0.1) is 12.0 Å². The molecule has 56 valence electrons. The van der Waals surface area contributed by atoms with Gasteiger partial charge in [-0.3, -0.25) is 4.79 Å². The number of hydroxylamine groups is 2. The van der Waals surface area contributed by atoms with Crippen molar-refractivity contribution in [1.82, 2.24) is 5.06 Å². The molecule has 4 heteroatoms. The number of rotatable bonds is 1. The molecule has 0 rings (SSSR count). The van der Waals surface area contributed by atoms with Crippen LogP contribution in [0.2, 0.25) is 0 Å². The van der Waals surface area contributed by atoms with Crippen molar-refractivity contribution in [3.8, 4) is 12.0 Å². The summed E-state index contributed by atoms with van der Waals surface area (Å²) in [6, 6.07) is 2.41. The molecule has 0 aliphatic heterocycles. The van der Waals surface area contributed by atoms with Crippen LogP contribution in [-0.4, -0.2) is 11.0 Å². The van der Waals surface area contributed by atoms with E-state index in [1.807, 2.05) is 6.92 Å². The zero-order valence-electron chi connectivity index (χ0n) is 6.05. The maximum Gasteiger partial charge on any atom is 0.257 e. The molecule has 0 aliphatic carbocycles. The maximum atomic E-state index is 10.5. The third-order valence-electron chi connectivity index (χ3n) is 0.749. The Labute approximate surface area is 59.8 Å². The van der Waals surface area contributed by atoms with Gasteiger partial charge >= 0.3 is 0 Å². The van der Waals surface area contributed by atoms with E-state index in [1.54, 1.807) is 0 Å². The molecular weight excluding hydrogens is 132 g/mol. The summed E-state index contributed by atoms with van der Waals surface area (Å²) in [6.45, 7) is 3.18. The first-order chi connectivity index (χ1) is 4.72. The van der Waals surface area contributed by atoms with Crippen molar-refractivity contribution in [1.29, 1.82) is 0 Å². The first kappa shape index (κ1) is 8.95. The Hall–Kier alpha value is -1.05. The van der Waals surface area contributed by atoms with Gasteiger partial charge in [-0.2, -0.15) is 10.8 Å². The van der Waals surface area contributed by atoms with E-state index in [-0.39, 0.29) is 5.91 Å². The van der Waals surface area contributed by atoms with Gasteiger partial charge in [0.25, 0.3) is 5.91 Å². The monoisotopic (exact) mass is 142 g/mol. The van der Waals surface area contributed by atoms with Crippen LogP contribution in [0.4, 0.5) is 0 Å². The first-order valence-corrected chi connectivity index (χ1v) is 2.88. The minimum Gasteiger partial charge on any atom is -0.272 e. The molecule has 4 nitrogen and oxygen atoms in total. The van der Waals surface area contributed by atoms with Crippen LogP contribution in [0.15, 0.2) is 0 Å². The molecule has 0 aromatic rings. The van der Waals surface area contributed by atoms with Crippen LogP contribution in [0.1, 0.15) is 20.3 Å². The van der Waals surface area contributed by atoms with Gasteiger partial charge in [0.05, 0.1) is 0 Å². The number of nitrogens with two attached hydrogens (primary N) is 1. The Morgan fingerprint density at radius 1 is 1.80 bits per heavy atom. The van der Waals surface area contributed by atoms with Gasteiger partial charge in [0.2, 0.25) is 0 Å². The van der Waals surface area contributed by atoms with Crippen LogP contribution >= 0.6 is 0 Å². The fourth-order valence-corrected chi connectivity index (χ4v) is 0.330. The molecule has 0 aromatic carbocycles. The van der Waals surface area contributed by atoms with Gasteiger partial charge < -0.3 is 0 Å². The van der Waals surface area contributed by atoms with Crippen LogP contribution < -0.4 is 5.90 Å². The average molecular weight is 142 g/mol. The lowest BCUT2D eigenvalue weighted by Gasteiger charge is -2.05. The van der Waals surface area contributed by atoms with Crippen molar-refractivity contribution in [2.75, 3.05) is 0 Å². The van der Waals surface area contributed by atoms with E-state index in [4.69, 9.17) is 5.90 Å². The molecule has 0 atom stereocenters. The lowest BCUT2D eigenvalue weighted by atomic mass is 10.5. The summed E-state index contributed by atoms with van der Waals surface area (Å²) in [5.74, 6) is 7.02. The summed E-state index contributed by atoms with van der Waals surface area (Å²) in [4.78, 5) is 14.6. The van der Waals surface area contributed by atoms with E-state index >= 15 is 0 Å². The zero-order chi connectivity index (χ0) is 7.98. The molecule has 0 bridgehead atoms. The van der Waals surface area contributed by atoms with Crippen molar-refractivity contribution < 1.29 is 9.73 Å². The summed E-state index contributed by atoms with van der Waals surface area (Å²) in [6.07, 6.45) is 0.660. The number of amides is 1. The molecule has 0 heterocycles. The molecule has 0 radical (unpaired) electrons. The highest BCUT2D eigenvalue weighted by Gasteiger charge is 2.01. The lowest BCUT2D eigenvalue weighted by molar-refractivity contribution is -0.165. The second-order valence-electron chi connectivity index (χ2n) is 1.56. The van der Waals surface area contributed by atoms with Crippen molar-refractivity contribution in [3.05, 3.63) is 0 Å². The summed E-state index contributed by atoms with van der Waals surface area (Å²) >= 11 is 0. The zero-order valence-corrected chi connectivity index (χ0v) is 6.05. The highest BCUT2D eigenvalue weighted by Crippen LogP contribution is 1.83. The third kappa shape index (κ3) is 3.07. The van der Waals surface area contributed by atoms with Gasteiger partial charge in [0.1, 0.15) is 0 Å². The highest BCUT2D eigenvalue weighted by molar-refractivity contribution is 5.73. The molecule has 0 unspecified atom stereocenters. The van der Waals surface area contributed by atoms with Gasteiger partial charge in [-0.25, -0.2) is 0 Å². The van der Waals surface area contributed by atoms with E-state index < -0.39 is 0 Å². The van der Waals surface area contributed by atoms with Gasteiger partial charge in [0, 0.05) is 19.4 Å². The Morgan fingerprint density at radius 2 is 2.40 bits per heavy atom. The van der Waals surface area contributed by atoms with E-state index in [2.05, 4.69) is 16.9 Å². The summed E-state index contributed by atoms with van der Waals surface area (Å²) in [5.41, 5.74) is 0. The highest BCUT2D eigenvalue weighted by atomic mass is 16.8. The van der Waals surface area contributed by atoms with Crippen LogP contribution in [-0.2, 0) is 9.73 Å². The Morgan fingerprint density at radius 3 is 2.70 bits per heavy atom. The third-order valence-corrected chi connectivity index (χ3v) is 0.749. The number of carbonyl (C=O) groups excluding carboxylic acids is 1. The quantitative estimate of drug-likeness (QED) is 0.319. The lowest BCUT2D eigenvalue weighted by Crippen LogP contribution is -2.26. The standard InChI is InChI=1S/C6H10N2O2/c1-3-4-5-8(10-7)6(2)9/h3,7H2,1-2H3. The minimum absolute atomic E-state index is 0.330. The Balaban J connectivity index is 3.95. The van der Waals surface area contributed by atoms with E-state index in [0.29, 0.717) is 6.42 Å². The van der Waals surface area contributed by atoms with Crippen molar-refractivity contribution in [2.45, 2.75) is 20.3 Å². The van der Waals surface area contributed by atoms with Gasteiger partial charge in [-0.1, -0.05) is 12.8 Å². The predicted molar refractivity (Wildman–Crippen MR) is 35.9 cm³/mol. The molecule has 0 saturated heterocycles. The molecule has 2 N–H and O–H groups in total. The van der Waals surface area contributed by atoms with Gasteiger partial charge in [-0.15, -0.1) is 5.06 Å². The summed E-state index contributed by atoms with van der Waals surface area (Å²) in [7, 11) is 0. The van der Waals surface area contributed by atoms with E-state index in [0.717, 1.165) is 5.06 Å². The molecular formula is C6H10N2O2. The Bertz CT molecular complexity index is 168. The summed E-state index contributed by atoms with van der Waals surface area (Å²) in [5, 5.41) is 0.781. The molecule has 0 saturated carbocycles. The molecule has 0 aliphatic rings. The first-order valence-electron chi connectivity index (χ1n) is 2.88. The minimum atomic E-state index is -0.330. The summed E-state index contributed by atoms with van der Waals surface area (Å²) < 4.78 is 0. The number of nitrogens with zero attached hydrogens (tertiary/aromatic N) is 1. The van der Waals surface area contributed by atoms with Crippen molar-refractivity contribution >= 4 is 5.91 Å². The molecule has 10 heavy (non-hydrogen) atoms. The molecule has 1 amide bonds. The second-order valence-corrected chi connectivity index (χ2v) is 1.56. The van der Waals surface area contributed by atoms with Crippen LogP contribution in [0.5, 0.6) is 0 Å². The molecule has 0 spiro atoms. The van der Waals surface area contributed by atoms with Crippen LogP contribution in [0.3, 0.4) is 0 Å².